The molecule has 150 valence electrons. The highest BCUT2D eigenvalue weighted by Gasteiger charge is 2.10. The summed E-state index contributed by atoms with van der Waals surface area (Å²) >= 11 is 0. The maximum Gasteiger partial charge on any atom is 0.433 e. The molecule has 2 heterocycles. The van der Waals surface area contributed by atoms with Crippen LogP contribution in [0.5, 0.6) is 0 Å². The zero-order valence-electron chi connectivity index (χ0n) is 15.3. The first-order valence-corrected chi connectivity index (χ1v) is 8.51. The van der Waals surface area contributed by atoms with Crippen molar-refractivity contribution in [3.8, 4) is 0 Å². The highest BCUT2D eigenvalue weighted by atomic mass is 16.7. The van der Waals surface area contributed by atoms with Gasteiger partial charge in [-0.05, 0) is 60.7 Å². The van der Waals surface area contributed by atoms with Crippen LogP contribution < -0.4 is 0 Å². The molecule has 10 nitrogen and oxygen atoms in total. The van der Waals surface area contributed by atoms with Crippen molar-refractivity contribution in [3.63, 3.8) is 0 Å². The smallest absolute Gasteiger partial charge is 0.401 e. The first-order valence-electron chi connectivity index (χ1n) is 8.51. The molecule has 0 unspecified atom stereocenters. The SMILES string of the molecule is O=[N+]([O-])c1ccc(/C=C/C=Nc2ccc(N=C/C=C/c3ccc([N+](=O)[O-])o3)cc2)o1. The van der Waals surface area contributed by atoms with Crippen LogP contribution in [-0.4, -0.2) is 22.3 Å². The summed E-state index contributed by atoms with van der Waals surface area (Å²) in [6.45, 7) is 0. The van der Waals surface area contributed by atoms with Crippen molar-refractivity contribution in [2.24, 2.45) is 9.98 Å². The summed E-state index contributed by atoms with van der Waals surface area (Å²) in [6, 6.07) is 12.6. The Morgan fingerprint density at radius 3 is 1.40 bits per heavy atom. The van der Waals surface area contributed by atoms with Gasteiger partial charge in [-0.3, -0.25) is 30.2 Å². The third-order valence-electron chi connectivity index (χ3n) is 3.58. The van der Waals surface area contributed by atoms with Crippen LogP contribution in [0, 0.1) is 20.2 Å². The number of nitrogens with zero attached hydrogens (tertiary/aromatic N) is 4. The Hall–Kier alpha value is -4.60. The van der Waals surface area contributed by atoms with Crippen LogP contribution in [0.25, 0.3) is 12.2 Å². The molecule has 0 saturated heterocycles. The summed E-state index contributed by atoms with van der Waals surface area (Å²) < 4.78 is 9.99. The van der Waals surface area contributed by atoms with E-state index in [4.69, 9.17) is 8.83 Å². The Morgan fingerprint density at radius 1 is 0.667 bits per heavy atom. The van der Waals surface area contributed by atoms with Crippen LogP contribution in [-0.2, 0) is 0 Å². The van der Waals surface area contributed by atoms with E-state index < -0.39 is 9.85 Å². The maximum atomic E-state index is 10.5. The van der Waals surface area contributed by atoms with Crippen LogP contribution in [0.15, 0.2) is 79.5 Å². The fourth-order valence-corrected chi connectivity index (χ4v) is 2.22. The normalized spacial score (nSPS) is 12.0. The highest BCUT2D eigenvalue weighted by Crippen LogP contribution is 2.19. The molecule has 0 spiro atoms. The Kier molecular flexibility index (Phi) is 6.41. The minimum atomic E-state index is -0.603. The molecule has 0 fully saturated rings. The highest BCUT2D eigenvalue weighted by molar-refractivity contribution is 5.81. The van der Waals surface area contributed by atoms with Gasteiger partial charge in [0.1, 0.15) is 21.4 Å². The Balaban J connectivity index is 1.52. The van der Waals surface area contributed by atoms with Crippen molar-refractivity contribution in [2.75, 3.05) is 0 Å². The molecule has 10 heteroatoms. The van der Waals surface area contributed by atoms with Gasteiger partial charge in [0.25, 0.3) is 0 Å². The summed E-state index contributed by atoms with van der Waals surface area (Å²) in [4.78, 5) is 28.4. The summed E-state index contributed by atoms with van der Waals surface area (Å²) in [5, 5.41) is 21.1. The zero-order chi connectivity index (χ0) is 21.3. The second kappa shape index (κ2) is 9.55. The number of aliphatic imine (C=N–C) groups is 2. The van der Waals surface area contributed by atoms with Crippen LogP contribution in [0.1, 0.15) is 11.5 Å². The number of nitro groups is 2. The minimum Gasteiger partial charge on any atom is -0.401 e. The third kappa shape index (κ3) is 5.70. The molecule has 1 aromatic carbocycles. The van der Waals surface area contributed by atoms with E-state index in [1.54, 1.807) is 48.6 Å². The average molecular weight is 406 g/mol. The molecule has 3 rings (SSSR count). The largest absolute Gasteiger partial charge is 0.433 e. The van der Waals surface area contributed by atoms with Crippen molar-refractivity contribution in [3.05, 3.63) is 92.4 Å². The number of benzene rings is 1. The average Bonchev–Trinajstić information content (AvgIpc) is 3.39. The quantitative estimate of drug-likeness (QED) is 0.274. The monoisotopic (exact) mass is 406 g/mol. The molecule has 0 atom stereocenters. The molecule has 0 radical (unpaired) electrons. The molecule has 3 aromatic rings. The van der Waals surface area contributed by atoms with Gasteiger partial charge in [-0.15, -0.1) is 0 Å². The first-order chi connectivity index (χ1) is 14.5. The lowest BCUT2D eigenvalue weighted by Crippen LogP contribution is -1.82. The second-order valence-corrected chi connectivity index (χ2v) is 5.66. The van der Waals surface area contributed by atoms with Crippen molar-refractivity contribution >= 4 is 47.7 Å². The molecule has 0 amide bonds. The van der Waals surface area contributed by atoms with Gasteiger partial charge in [-0.1, -0.05) is 0 Å². The summed E-state index contributed by atoms with van der Waals surface area (Å²) in [5.74, 6) is 0.0798. The van der Waals surface area contributed by atoms with E-state index in [9.17, 15) is 20.2 Å². The van der Waals surface area contributed by atoms with E-state index in [1.807, 2.05) is 0 Å². The summed E-state index contributed by atoms with van der Waals surface area (Å²) in [6.07, 6.45) is 9.43. The fourth-order valence-electron chi connectivity index (χ4n) is 2.22. The van der Waals surface area contributed by atoms with Crippen molar-refractivity contribution in [2.45, 2.75) is 0 Å². The van der Waals surface area contributed by atoms with Gasteiger partial charge >= 0.3 is 11.8 Å². The van der Waals surface area contributed by atoms with Crippen LogP contribution in [0.3, 0.4) is 0 Å². The van der Waals surface area contributed by atoms with Crippen LogP contribution >= 0.6 is 0 Å². The molecule has 0 saturated carbocycles. The van der Waals surface area contributed by atoms with E-state index in [1.165, 1.54) is 36.7 Å². The van der Waals surface area contributed by atoms with E-state index in [0.717, 1.165) is 0 Å². The molecule has 0 aliphatic rings. The topological polar surface area (TPSA) is 137 Å². The number of furan rings is 2. The number of rotatable bonds is 8. The van der Waals surface area contributed by atoms with Crippen LogP contribution in [0.2, 0.25) is 0 Å². The first kappa shape index (κ1) is 20.1. The van der Waals surface area contributed by atoms with Crippen LogP contribution in [0.4, 0.5) is 23.1 Å². The Bertz CT molecular complexity index is 1060. The van der Waals surface area contributed by atoms with Crippen molar-refractivity contribution < 1.29 is 18.7 Å². The standard InChI is InChI=1S/C20H14N4O6/c25-23(26)19-11-9-17(29-19)3-1-13-21-15-5-7-16(8-6-15)22-14-2-4-18-10-12-20(30-18)24(27)28/h1-14H/b3-1+,4-2+,21-13?,22-14?. The molecular weight excluding hydrogens is 392 g/mol. The van der Waals surface area contributed by atoms with E-state index >= 15 is 0 Å². The molecule has 0 aliphatic carbocycles. The van der Waals surface area contributed by atoms with Gasteiger partial charge in [-0.2, -0.15) is 0 Å². The van der Waals surface area contributed by atoms with Gasteiger partial charge in [-0.25, -0.2) is 0 Å². The van der Waals surface area contributed by atoms with Crippen molar-refractivity contribution in [1.29, 1.82) is 0 Å². The minimum absolute atomic E-state index is 0.317. The van der Waals surface area contributed by atoms with E-state index in [-0.39, 0.29) is 11.8 Å². The van der Waals surface area contributed by atoms with Gasteiger partial charge in [0.15, 0.2) is 0 Å². The molecular formula is C20H14N4O6. The molecule has 30 heavy (non-hydrogen) atoms. The fraction of sp³-hybridized carbons (Fsp3) is 0. The molecule has 0 aliphatic heterocycles. The second-order valence-electron chi connectivity index (χ2n) is 5.66. The van der Waals surface area contributed by atoms with Gasteiger partial charge in [0, 0.05) is 12.4 Å². The Morgan fingerprint density at radius 2 is 1.07 bits per heavy atom. The number of hydrogen-bond acceptors (Lipinski definition) is 8. The lowest BCUT2D eigenvalue weighted by atomic mass is 10.3. The van der Waals surface area contributed by atoms with Gasteiger partial charge < -0.3 is 8.83 Å². The van der Waals surface area contributed by atoms with E-state index in [2.05, 4.69) is 9.98 Å². The van der Waals surface area contributed by atoms with Gasteiger partial charge in [0.2, 0.25) is 0 Å². The molecule has 0 N–H and O–H groups in total. The molecule has 0 bridgehead atoms. The van der Waals surface area contributed by atoms with Crippen molar-refractivity contribution in [1.82, 2.24) is 0 Å². The third-order valence-corrected chi connectivity index (χ3v) is 3.58. The lowest BCUT2D eigenvalue weighted by molar-refractivity contribution is -0.402. The summed E-state index contributed by atoms with van der Waals surface area (Å²) in [5.41, 5.74) is 1.39. The molecule has 2 aromatic heterocycles. The maximum absolute atomic E-state index is 10.5. The Labute approximate surface area is 169 Å². The zero-order valence-corrected chi connectivity index (χ0v) is 15.3. The number of allylic oxidation sites excluding steroid dienone is 2. The predicted octanol–water partition coefficient (Wildman–Crippen LogP) is 5.52. The predicted molar refractivity (Wildman–Crippen MR) is 112 cm³/mol. The lowest BCUT2D eigenvalue weighted by Gasteiger charge is -1.94. The number of hydrogen-bond donors (Lipinski definition) is 0. The van der Waals surface area contributed by atoms with Gasteiger partial charge in [0.05, 0.1) is 23.5 Å². The van der Waals surface area contributed by atoms with E-state index in [0.29, 0.717) is 22.9 Å². The summed E-state index contributed by atoms with van der Waals surface area (Å²) in [7, 11) is 0.